The van der Waals surface area contributed by atoms with Crippen LogP contribution in [0, 0.1) is 5.82 Å². The number of hydrogen-bond donors (Lipinski definition) is 2. The standard InChI is InChI=1S/C25H20FN3O5/c1-15(34-19-12-10-18(26)11-13-19)22(30)27-28-23(31)17-8-6-16(7-9-17)14-29-24(32)20-4-2-3-5-21(20)25(29)33/h2-13,15H,14H2,1H3,(H,27,30)(H,28,31). The molecule has 2 N–H and O–H groups in total. The van der Waals surface area contributed by atoms with Crippen molar-refractivity contribution < 1.29 is 28.3 Å². The van der Waals surface area contributed by atoms with Crippen molar-refractivity contribution in [2.75, 3.05) is 0 Å². The van der Waals surface area contributed by atoms with E-state index in [1.54, 1.807) is 36.4 Å². The Labute approximate surface area is 194 Å². The van der Waals surface area contributed by atoms with Gasteiger partial charge in [-0.2, -0.15) is 0 Å². The Bertz CT molecular complexity index is 1220. The van der Waals surface area contributed by atoms with E-state index >= 15 is 0 Å². The normalized spacial score (nSPS) is 13.3. The van der Waals surface area contributed by atoms with E-state index < -0.39 is 23.7 Å². The van der Waals surface area contributed by atoms with Crippen LogP contribution in [-0.4, -0.2) is 34.6 Å². The summed E-state index contributed by atoms with van der Waals surface area (Å²) >= 11 is 0. The minimum Gasteiger partial charge on any atom is -0.481 e. The zero-order valence-corrected chi connectivity index (χ0v) is 18.1. The molecule has 3 aromatic carbocycles. The second-order valence-electron chi connectivity index (χ2n) is 7.60. The van der Waals surface area contributed by atoms with Gasteiger partial charge in [-0.15, -0.1) is 0 Å². The van der Waals surface area contributed by atoms with Gasteiger partial charge in [-0.25, -0.2) is 4.39 Å². The summed E-state index contributed by atoms with van der Waals surface area (Å²) in [5, 5.41) is 0. The molecule has 4 amide bonds. The fraction of sp³-hybridized carbons (Fsp3) is 0.120. The van der Waals surface area contributed by atoms with Gasteiger partial charge in [-0.1, -0.05) is 24.3 Å². The molecule has 0 bridgehead atoms. The minimum atomic E-state index is -0.937. The lowest BCUT2D eigenvalue weighted by Crippen LogP contribution is -2.47. The number of hydrazine groups is 1. The number of hydrogen-bond acceptors (Lipinski definition) is 5. The number of benzene rings is 3. The average molecular weight is 461 g/mol. The lowest BCUT2D eigenvalue weighted by atomic mass is 10.1. The number of halogens is 1. The van der Waals surface area contributed by atoms with Crippen LogP contribution in [0.5, 0.6) is 5.75 Å². The predicted octanol–water partition coefficient (Wildman–Crippen LogP) is 2.85. The van der Waals surface area contributed by atoms with Crippen molar-refractivity contribution in [3.05, 3.63) is 101 Å². The Morgan fingerprint density at radius 1 is 0.882 bits per heavy atom. The highest BCUT2D eigenvalue weighted by Crippen LogP contribution is 2.24. The number of nitrogens with zero attached hydrogens (tertiary/aromatic N) is 1. The number of ether oxygens (including phenoxy) is 1. The molecule has 0 saturated carbocycles. The number of rotatable bonds is 6. The van der Waals surface area contributed by atoms with Crippen LogP contribution in [0.2, 0.25) is 0 Å². The summed E-state index contributed by atoms with van der Waals surface area (Å²) in [6.45, 7) is 1.56. The lowest BCUT2D eigenvalue weighted by molar-refractivity contribution is -0.128. The molecule has 1 unspecified atom stereocenters. The van der Waals surface area contributed by atoms with Gasteiger partial charge in [0.2, 0.25) is 0 Å². The molecule has 0 aromatic heterocycles. The summed E-state index contributed by atoms with van der Waals surface area (Å²) in [5.74, 6) is -1.99. The first kappa shape index (κ1) is 22.7. The maximum Gasteiger partial charge on any atom is 0.279 e. The van der Waals surface area contributed by atoms with E-state index in [0.717, 1.165) is 4.90 Å². The highest BCUT2D eigenvalue weighted by molar-refractivity contribution is 6.21. The van der Waals surface area contributed by atoms with Crippen LogP contribution in [0.3, 0.4) is 0 Å². The molecule has 0 aliphatic carbocycles. The van der Waals surface area contributed by atoms with Crippen LogP contribution >= 0.6 is 0 Å². The Morgan fingerprint density at radius 3 is 2.06 bits per heavy atom. The Hall–Kier alpha value is -4.53. The van der Waals surface area contributed by atoms with Gasteiger partial charge >= 0.3 is 0 Å². The number of carbonyl (C=O) groups is 4. The maximum atomic E-state index is 13.0. The number of carbonyl (C=O) groups excluding carboxylic acids is 4. The summed E-state index contributed by atoms with van der Waals surface area (Å²) in [4.78, 5) is 50.7. The zero-order chi connectivity index (χ0) is 24.2. The fourth-order valence-corrected chi connectivity index (χ4v) is 3.39. The molecule has 0 radical (unpaired) electrons. The Balaban J connectivity index is 1.30. The van der Waals surface area contributed by atoms with Crippen LogP contribution < -0.4 is 15.6 Å². The molecule has 0 saturated heterocycles. The van der Waals surface area contributed by atoms with Gasteiger partial charge in [0.25, 0.3) is 23.6 Å². The quantitative estimate of drug-likeness (QED) is 0.434. The van der Waals surface area contributed by atoms with Gasteiger partial charge in [-0.3, -0.25) is 34.9 Å². The van der Waals surface area contributed by atoms with Crippen molar-refractivity contribution in [1.29, 1.82) is 0 Å². The largest absolute Gasteiger partial charge is 0.481 e. The van der Waals surface area contributed by atoms with Crippen molar-refractivity contribution in [2.45, 2.75) is 19.6 Å². The number of imide groups is 1. The molecule has 3 aromatic rings. The van der Waals surface area contributed by atoms with E-state index in [-0.39, 0.29) is 23.9 Å². The smallest absolute Gasteiger partial charge is 0.279 e. The lowest BCUT2D eigenvalue weighted by Gasteiger charge is -2.16. The van der Waals surface area contributed by atoms with E-state index in [2.05, 4.69) is 10.9 Å². The molecule has 1 aliphatic rings. The van der Waals surface area contributed by atoms with E-state index in [0.29, 0.717) is 22.4 Å². The monoisotopic (exact) mass is 461 g/mol. The first-order valence-electron chi connectivity index (χ1n) is 10.4. The third kappa shape index (κ3) is 4.78. The Morgan fingerprint density at radius 2 is 1.47 bits per heavy atom. The van der Waals surface area contributed by atoms with Crippen LogP contribution in [0.4, 0.5) is 4.39 Å². The summed E-state index contributed by atoms with van der Waals surface area (Å²) in [6.07, 6.45) is -0.937. The molecule has 1 aliphatic heterocycles. The molecule has 0 spiro atoms. The molecule has 1 heterocycles. The molecule has 4 rings (SSSR count). The molecule has 1 atom stereocenters. The third-order valence-corrected chi connectivity index (χ3v) is 5.23. The summed E-state index contributed by atoms with van der Waals surface area (Å²) in [5.41, 5.74) is 6.24. The van der Waals surface area contributed by atoms with Gasteiger partial charge in [0.15, 0.2) is 6.10 Å². The molecule has 172 valence electrons. The second kappa shape index (κ2) is 9.53. The number of amides is 4. The summed E-state index contributed by atoms with van der Waals surface area (Å²) in [7, 11) is 0. The van der Waals surface area contributed by atoms with Gasteiger partial charge in [-0.05, 0) is 61.0 Å². The number of fused-ring (bicyclic) bond motifs is 1. The van der Waals surface area contributed by atoms with Crippen LogP contribution in [0.25, 0.3) is 0 Å². The van der Waals surface area contributed by atoms with Crippen LogP contribution in [-0.2, 0) is 11.3 Å². The molecule has 0 fully saturated rings. The van der Waals surface area contributed by atoms with Crippen molar-refractivity contribution in [3.8, 4) is 5.75 Å². The molecule has 8 nitrogen and oxygen atoms in total. The summed E-state index contributed by atoms with van der Waals surface area (Å²) in [6, 6.07) is 18.1. The average Bonchev–Trinajstić information content (AvgIpc) is 3.09. The van der Waals surface area contributed by atoms with Gasteiger partial charge < -0.3 is 4.74 Å². The molecule has 9 heteroatoms. The summed E-state index contributed by atoms with van der Waals surface area (Å²) < 4.78 is 18.4. The van der Waals surface area contributed by atoms with E-state index in [9.17, 15) is 23.6 Å². The fourth-order valence-electron chi connectivity index (χ4n) is 3.39. The van der Waals surface area contributed by atoms with Crippen molar-refractivity contribution in [1.82, 2.24) is 15.8 Å². The van der Waals surface area contributed by atoms with Gasteiger partial charge in [0, 0.05) is 5.56 Å². The second-order valence-corrected chi connectivity index (χ2v) is 7.60. The highest BCUT2D eigenvalue weighted by atomic mass is 19.1. The van der Waals surface area contributed by atoms with Crippen molar-refractivity contribution >= 4 is 23.6 Å². The van der Waals surface area contributed by atoms with Gasteiger partial charge in [0.05, 0.1) is 17.7 Å². The Kier molecular flexibility index (Phi) is 6.35. The van der Waals surface area contributed by atoms with Crippen LogP contribution in [0.15, 0.2) is 72.8 Å². The highest BCUT2D eigenvalue weighted by Gasteiger charge is 2.34. The maximum absolute atomic E-state index is 13.0. The van der Waals surface area contributed by atoms with Crippen molar-refractivity contribution in [2.24, 2.45) is 0 Å². The topological polar surface area (TPSA) is 105 Å². The number of nitrogens with one attached hydrogen (secondary N) is 2. The first-order valence-corrected chi connectivity index (χ1v) is 10.4. The van der Waals surface area contributed by atoms with E-state index in [4.69, 9.17) is 4.74 Å². The van der Waals surface area contributed by atoms with E-state index in [1.807, 2.05) is 0 Å². The third-order valence-electron chi connectivity index (χ3n) is 5.23. The predicted molar refractivity (Wildman–Crippen MR) is 119 cm³/mol. The van der Waals surface area contributed by atoms with Gasteiger partial charge in [0.1, 0.15) is 11.6 Å². The zero-order valence-electron chi connectivity index (χ0n) is 18.1. The van der Waals surface area contributed by atoms with E-state index in [1.165, 1.54) is 43.3 Å². The van der Waals surface area contributed by atoms with Crippen molar-refractivity contribution in [3.63, 3.8) is 0 Å². The SMILES string of the molecule is CC(Oc1ccc(F)cc1)C(=O)NNC(=O)c1ccc(CN2C(=O)c3ccccc3C2=O)cc1. The first-order chi connectivity index (χ1) is 16.3. The minimum absolute atomic E-state index is 0.0726. The van der Waals surface area contributed by atoms with Crippen LogP contribution in [0.1, 0.15) is 43.6 Å². The molecule has 34 heavy (non-hydrogen) atoms. The molecular formula is C25H20FN3O5. The molecular weight excluding hydrogens is 441 g/mol.